The summed E-state index contributed by atoms with van der Waals surface area (Å²) in [5, 5.41) is 0. The van der Waals surface area contributed by atoms with Crippen molar-refractivity contribution >= 4 is 37.6 Å². The van der Waals surface area contributed by atoms with Crippen LogP contribution in [0.25, 0.3) is 0 Å². The van der Waals surface area contributed by atoms with E-state index in [1.54, 1.807) is 30.5 Å². The van der Waals surface area contributed by atoms with Crippen LogP contribution in [0.5, 0.6) is 5.75 Å². The van der Waals surface area contributed by atoms with Crippen LogP contribution in [0.1, 0.15) is 16.1 Å². The molecular formula is C13H9Br2NO2. The Balaban J connectivity index is 2.48. The van der Waals surface area contributed by atoms with Crippen LogP contribution in [0.2, 0.25) is 0 Å². The van der Waals surface area contributed by atoms with Gasteiger partial charge in [0.2, 0.25) is 5.78 Å². The van der Waals surface area contributed by atoms with Gasteiger partial charge in [-0.05, 0) is 50.1 Å². The van der Waals surface area contributed by atoms with Crippen LogP contribution >= 0.6 is 31.9 Å². The molecule has 0 spiro atoms. The number of hydrogen-bond acceptors (Lipinski definition) is 3. The van der Waals surface area contributed by atoms with Crippen molar-refractivity contribution in [2.75, 3.05) is 7.11 Å². The minimum Gasteiger partial charge on any atom is -0.496 e. The SMILES string of the molecule is COc1ccccc1C(=O)c1ncc(Br)cc1Br. The highest BCUT2D eigenvalue weighted by molar-refractivity contribution is 9.11. The van der Waals surface area contributed by atoms with Crippen molar-refractivity contribution in [1.29, 1.82) is 0 Å². The Morgan fingerprint density at radius 1 is 1.28 bits per heavy atom. The van der Waals surface area contributed by atoms with Gasteiger partial charge in [0.25, 0.3) is 0 Å². The van der Waals surface area contributed by atoms with Crippen molar-refractivity contribution in [2.45, 2.75) is 0 Å². The number of nitrogens with zero attached hydrogens (tertiary/aromatic N) is 1. The summed E-state index contributed by atoms with van der Waals surface area (Å²) in [5.74, 6) is 0.367. The van der Waals surface area contributed by atoms with Crippen LogP contribution in [-0.4, -0.2) is 17.9 Å². The number of rotatable bonds is 3. The molecule has 0 unspecified atom stereocenters. The van der Waals surface area contributed by atoms with Crippen LogP contribution < -0.4 is 4.74 Å². The van der Waals surface area contributed by atoms with Gasteiger partial charge in [0.1, 0.15) is 11.4 Å². The molecule has 0 aliphatic rings. The van der Waals surface area contributed by atoms with Crippen molar-refractivity contribution in [1.82, 2.24) is 4.98 Å². The number of aromatic nitrogens is 1. The van der Waals surface area contributed by atoms with E-state index in [2.05, 4.69) is 36.8 Å². The Labute approximate surface area is 121 Å². The van der Waals surface area contributed by atoms with Crippen LogP contribution in [0.3, 0.4) is 0 Å². The lowest BCUT2D eigenvalue weighted by molar-refractivity contribution is 0.103. The highest BCUT2D eigenvalue weighted by Gasteiger charge is 2.17. The van der Waals surface area contributed by atoms with E-state index in [9.17, 15) is 4.79 Å². The van der Waals surface area contributed by atoms with E-state index in [0.717, 1.165) is 4.47 Å². The lowest BCUT2D eigenvalue weighted by Crippen LogP contribution is -2.07. The first-order chi connectivity index (χ1) is 8.63. The second-order valence-electron chi connectivity index (χ2n) is 3.51. The molecule has 2 aromatic rings. The summed E-state index contributed by atoms with van der Waals surface area (Å²) in [5.41, 5.74) is 0.859. The smallest absolute Gasteiger partial charge is 0.216 e. The van der Waals surface area contributed by atoms with Gasteiger partial charge in [0.15, 0.2) is 0 Å². The summed E-state index contributed by atoms with van der Waals surface area (Å²) >= 11 is 6.64. The van der Waals surface area contributed by atoms with E-state index < -0.39 is 0 Å². The van der Waals surface area contributed by atoms with Crippen LogP contribution in [0, 0.1) is 0 Å². The predicted molar refractivity (Wildman–Crippen MR) is 76.1 cm³/mol. The minimum absolute atomic E-state index is 0.174. The molecule has 0 saturated heterocycles. The molecule has 0 aliphatic carbocycles. The number of methoxy groups -OCH3 is 1. The normalized spacial score (nSPS) is 10.2. The molecule has 18 heavy (non-hydrogen) atoms. The Morgan fingerprint density at radius 3 is 2.67 bits per heavy atom. The first-order valence-corrected chi connectivity index (χ1v) is 6.71. The first kappa shape index (κ1) is 13.2. The third kappa shape index (κ3) is 2.62. The van der Waals surface area contributed by atoms with E-state index in [-0.39, 0.29) is 5.78 Å². The molecule has 0 radical (unpaired) electrons. The van der Waals surface area contributed by atoms with E-state index >= 15 is 0 Å². The van der Waals surface area contributed by atoms with Gasteiger partial charge >= 0.3 is 0 Å². The van der Waals surface area contributed by atoms with Crippen LogP contribution in [-0.2, 0) is 0 Å². The van der Waals surface area contributed by atoms with Gasteiger partial charge in [-0.15, -0.1) is 0 Å². The summed E-state index contributed by atoms with van der Waals surface area (Å²) in [4.78, 5) is 16.5. The molecule has 0 saturated carbocycles. The number of ketones is 1. The molecule has 1 aromatic carbocycles. The van der Waals surface area contributed by atoms with Crippen molar-refractivity contribution in [3.63, 3.8) is 0 Å². The molecule has 0 bridgehead atoms. The van der Waals surface area contributed by atoms with Gasteiger partial charge in [-0.2, -0.15) is 0 Å². The number of carbonyl (C=O) groups is 1. The minimum atomic E-state index is -0.174. The standard InChI is InChI=1S/C13H9Br2NO2/c1-18-11-5-3-2-4-9(11)13(17)12-10(15)6-8(14)7-16-12/h2-7H,1H3. The molecule has 0 fully saturated rings. The quantitative estimate of drug-likeness (QED) is 0.770. The number of ether oxygens (including phenoxy) is 1. The second-order valence-corrected chi connectivity index (χ2v) is 5.28. The summed E-state index contributed by atoms with van der Waals surface area (Å²) in [6.45, 7) is 0. The Bertz CT molecular complexity index is 599. The van der Waals surface area contributed by atoms with E-state index in [1.807, 2.05) is 6.07 Å². The molecule has 3 nitrogen and oxygen atoms in total. The number of hydrogen-bond donors (Lipinski definition) is 0. The summed E-state index contributed by atoms with van der Waals surface area (Å²) in [6.07, 6.45) is 1.59. The molecule has 1 aromatic heterocycles. The maximum atomic E-state index is 12.4. The van der Waals surface area contributed by atoms with E-state index in [1.165, 1.54) is 7.11 Å². The van der Waals surface area contributed by atoms with Gasteiger partial charge in [0.05, 0.1) is 12.7 Å². The average molecular weight is 371 g/mol. The third-order valence-electron chi connectivity index (χ3n) is 2.37. The van der Waals surface area contributed by atoms with Gasteiger partial charge < -0.3 is 4.74 Å². The van der Waals surface area contributed by atoms with Crippen molar-refractivity contribution < 1.29 is 9.53 Å². The zero-order valence-corrected chi connectivity index (χ0v) is 12.7. The summed E-state index contributed by atoms with van der Waals surface area (Å²) in [7, 11) is 1.54. The molecule has 0 atom stereocenters. The molecule has 92 valence electrons. The van der Waals surface area contributed by atoms with Crippen molar-refractivity contribution in [3.05, 3.63) is 56.7 Å². The first-order valence-electron chi connectivity index (χ1n) is 5.12. The lowest BCUT2D eigenvalue weighted by Gasteiger charge is -2.07. The Morgan fingerprint density at radius 2 is 2.00 bits per heavy atom. The van der Waals surface area contributed by atoms with Crippen LogP contribution in [0.15, 0.2) is 45.5 Å². The van der Waals surface area contributed by atoms with Gasteiger partial charge in [0, 0.05) is 15.1 Å². The number of para-hydroxylation sites is 1. The fourth-order valence-electron chi connectivity index (χ4n) is 1.54. The zero-order chi connectivity index (χ0) is 13.1. The highest BCUT2D eigenvalue weighted by Crippen LogP contribution is 2.25. The van der Waals surface area contributed by atoms with Gasteiger partial charge in [-0.3, -0.25) is 9.78 Å². The highest BCUT2D eigenvalue weighted by atomic mass is 79.9. The average Bonchev–Trinajstić information content (AvgIpc) is 2.38. The zero-order valence-electron chi connectivity index (χ0n) is 9.48. The number of pyridine rings is 1. The van der Waals surface area contributed by atoms with E-state index in [4.69, 9.17) is 4.74 Å². The third-order valence-corrected chi connectivity index (χ3v) is 3.41. The monoisotopic (exact) mass is 369 g/mol. The number of benzene rings is 1. The molecule has 1 heterocycles. The van der Waals surface area contributed by atoms with Gasteiger partial charge in [-0.25, -0.2) is 0 Å². The predicted octanol–water partition coefficient (Wildman–Crippen LogP) is 3.85. The Kier molecular flexibility index (Phi) is 4.14. The maximum absolute atomic E-state index is 12.4. The fraction of sp³-hybridized carbons (Fsp3) is 0.0769. The van der Waals surface area contributed by atoms with Crippen LogP contribution in [0.4, 0.5) is 0 Å². The molecule has 5 heteroatoms. The van der Waals surface area contributed by atoms with E-state index in [0.29, 0.717) is 21.5 Å². The summed E-state index contributed by atoms with van der Waals surface area (Å²) in [6, 6.07) is 8.87. The number of halogens is 2. The fourth-order valence-corrected chi connectivity index (χ4v) is 2.71. The molecule has 2 rings (SSSR count). The largest absolute Gasteiger partial charge is 0.496 e. The van der Waals surface area contributed by atoms with Crippen molar-refractivity contribution in [3.8, 4) is 5.75 Å². The topological polar surface area (TPSA) is 39.2 Å². The molecule has 0 amide bonds. The molecule has 0 aliphatic heterocycles. The maximum Gasteiger partial charge on any atom is 0.216 e. The van der Waals surface area contributed by atoms with Crippen molar-refractivity contribution in [2.24, 2.45) is 0 Å². The summed E-state index contributed by atoms with van der Waals surface area (Å²) < 4.78 is 6.64. The molecule has 0 N–H and O–H groups in total. The van der Waals surface area contributed by atoms with Gasteiger partial charge in [-0.1, -0.05) is 12.1 Å². The second kappa shape index (κ2) is 5.63. The lowest BCUT2D eigenvalue weighted by atomic mass is 10.1. The molecular weight excluding hydrogens is 362 g/mol. The number of carbonyl (C=O) groups excluding carboxylic acids is 1. The Hall–Kier alpha value is -1.20.